The number of imide groups is 1. The molecule has 10 heteroatoms. The molecule has 36 heavy (non-hydrogen) atoms. The van der Waals surface area contributed by atoms with Crippen LogP contribution < -0.4 is 18.9 Å². The Labute approximate surface area is 230 Å². The van der Waals surface area contributed by atoms with E-state index in [4.69, 9.17) is 30.5 Å². The number of ether oxygens (including phenoxy) is 4. The van der Waals surface area contributed by atoms with Crippen LogP contribution in [0.1, 0.15) is 16.7 Å². The van der Waals surface area contributed by atoms with Gasteiger partial charge in [0.05, 0.1) is 22.1 Å². The van der Waals surface area contributed by atoms with Crippen LogP contribution in [0.25, 0.3) is 6.08 Å². The lowest BCUT2D eigenvalue weighted by Gasteiger charge is -2.14. The average molecular weight is 636 g/mol. The minimum Gasteiger partial charge on any atom is -0.493 e. The Morgan fingerprint density at radius 3 is 2.61 bits per heavy atom. The maximum Gasteiger partial charge on any atom is 0.293 e. The highest BCUT2D eigenvalue weighted by atomic mass is 127. The van der Waals surface area contributed by atoms with E-state index in [0.29, 0.717) is 45.1 Å². The number of thioether (sulfide) groups is 1. The van der Waals surface area contributed by atoms with Crippen LogP contribution in [0, 0.1) is 3.57 Å². The van der Waals surface area contributed by atoms with E-state index < -0.39 is 5.91 Å². The fourth-order valence-electron chi connectivity index (χ4n) is 3.73. The van der Waals surface area contributed by atoms with Gasteiger partial charge in [0.1, 0.15) is 6.61 Å². The molecule has 5 rings (SSSR count). The van der Waals surface area contributed by atoms with Crippen molar-refractivity contribution in [2.24, 2.45) is 0 Å². The normalized spacial score (nSPS) is 15.6. The standard InChI is InChI=1S/C26H19ClINO6S/c1-32-22-8-16(7-19(28)24(22)33-13-15-5-3-2-4-6-15)9-23-25(30)29(26(31)36-23)12-17-10-20-21(11-18(17)27)35-14-34-20/h2-11H,12-14H2,1H3/b23-9-. The quantitative estimate of drug-likeness (QED) is 0.217. The van der Waals surface area contributed by atoms with Gasteiger partial charge in [-0.15, -0.1) is 0 Å². The molecular weight excluding hydrogens is 617 g/mol. The Hall–Kier alpha value is -2.89. The highest BCUT2D eigenvalue weighted by Gasteiger charge is 2.36. The van der Waals surface area contributed by atoms with Gasteiger partial charge in [0.15, 0.2) is 23.0 Å². The summed E-state index contributed by atoms with van der Waals surface area (Å²) in [5.41, 5.74) is 2.35. The lowest BCUT2D eigenvalue weighted by Crippen LogP contribution is -2.27. The van der Waals surface area contributed by atoms with Crippen molar-refractivity contribution in [3.8, 4) is 23.0 Å². The number of hydrogen-bond donors (Lipinski definition) is 0. The van der Waals surface area contributed by atoms with Gasteiger partial charge in [0, 0.05) is 11.1 Å². The van der Waals surface area contributed by atoms with E-state index >= 15 is 0 Å². The molecule has 0 N–H and O–H groups in total. The second kappa shape index (κ2) is 10.6. The number of amides is 2. The molecule has 2 heterocycles. The number of hydrogen-bond acceptors (Lipinski definition) is 7. The maximum atomic E-state index is 13.1. The molecule has 7 nitrogen and oxygen atoms in total. The number of benzene rings is 3. The smallest absolute Gasteiger partial charge is 0.293 e. The van der Waals surface area contributed by atoms with Gasteiger partial charge in [-0.3, -0.25) is 14.5 Å². The van der Waals surface area contributed by atoms with Gasteiger partial charge in [0.2, 0.25) is 6.79 Å². The van der Waals surface area contributed by atoms with Crippen LogP contribution in [0.5, 0.6) is 23.0 Å². The largest absolute Gasteiger partial charge is 0.493 e. The van der Waals surface area contributed by atoms with Crippen LogP contribution in [-0.4, -0.2) is 29.9 Å². The third kappa shape index (κ3) is 5.14. The molecule has 0 radical (unpaired) electrons. The van der Waals surface area contributed by atoms with Gasteiger partial charge < -0.3 is 18.9 Å². The van der Waals surface area contributed by atoms with Crippen molar-refractivity contribution in [2.45, 2.75) is 13.2 Å². The molecule has 2 aliphatic heterocycles. The summed E-state index contributed by atoms with van der Waals surface area (Å²) in [6.07, 6.45) is 1.68. The molecule has 184 valence electrons. The van der Waals surface area contributed by atoms with Gasteiger partial charge >= 0.3 is 0 Å². The molecule has 2 aliphatic rings. The van der Waals surface area contributed by atoms with Crippen LogP contribution >= 0.6 is 46.0 Å². The van der Waals surface area contributed by atoms with E-state index in [1.54, 1.807) is 31.4 Å². The monoisotopic (exact) mass is 635 g/mol. The van der Waals surface area contributed by atoms with Crippen LogP contribution in [0.4, 0.5) is 4.79 Å². The second-order valence-electron chi connectivity index (χ2n) is 7.87. The summed E-state index contributed by atoms with van der Waals surface area (Å²) < 4.78 is 23.1. The molecule has 1 fully saturated rings. The van der Waals surface area contributed by atoms with Gasteiger partial charge in [-0.2, -0.15) is 0 Å². The fraction of sp³-hybridized carbons (Fsp3) is 0.154. The number of methoxy groups -OCH3 is 1. The van der Waals surface area contributed by atoms with E-state index in [2.05, 4.69) is 22.6 Å². The second-order valence-corrected chi connectivity index (χ2v) is 10.4. The first-order chi connectivity index (χ1) is 17.4. The number of rotatable bonds is 7. The first-order valence-electron chi connectivity index (χ1n) is 10.8. The predicted octanol–water partition coefficient (Wildman–Crippen LogP) is 6.50. The molecule has 0 aromatic heterocycles. The van der Waals surface area contributed by atoms with Crippen molar-refractivity contribution in [2.75, 3.05) is 13.9 Å². The Morgan fingerprint density at radius 1 is 1.11 bits per heavy atom. The number of fused-ring (bicyclic) bond motifs is 1. The van der Waals surface area contributed by atoms with Crippen LogP contribution in [-0.2, 0) is 17.9 Å². The van der Waals surface area contributed by atoms with Crippen LogP contribution in [0.2, 0.25) is 5.02 Å². The zero-order valence-corrected chi connectivity index (χ0v) is 22.7. The Kier molecular flexibility index (Phi) is 7.31. The van der Waals surface area contributed by atoms with Crippen molar-refractivity contribution in [1.82, 2.24) is 4.90 Å². The van der Waals surface area contributed by atoms with Gasteiger partial charge in [0.25, 0.3) is 11.1 Å². The van der Waals surface area contributed by atoms with E-state index in [9.17, 15) is 9.59 Å². The third-order valence-corrected chi connectivity index (χ3v) is 7.58. The van der Waals surface area contributed by atoms with E-state index in [1.165, 1.54) is 4.90 Å². The maximum absolute atomic E-state index is 13.1. The predicted molar refractivity (Wildman–Crippen MR) is 146 cm³/mol. The Morgan fingerprint density at radius 2 is 1.86 bits per heavy atom. The van der Waals surface area contributed by atoms with Crippen molar-refractivity contribution in [1.29, 1.82) is 0 Å². The lowest BCUT2D eigenvalue weighted by atomic mass is 10.1. The molecule has 0 aliphatic carbocycles. The van der Waals surface area contributed by atoms with Crippen molar-refractivity contribution >= 4 is 63.2 Å². The summed E-state index contributed by atoms with van der Waals surface area (Å²) in [6, 6.07) is 16.8. The zero-order chi connectivity index (χ0) is 25.2. The molecular formula is C26H19ClINO6S. The van der Waals surface area contributed by atoms with Gasteiger partial charge in [-0.25, -0.2) is 0 Å². The first kappa shape index (κ1) is 24.8. The minimum absolute atomic E-state index is 0.0323. The number of carbonyl (C=O) groups is 2. The summed E-state index contributed by atoms with van der Waals surface area (Å²) in [6.45, 7) is 0.538. The summed E-state index contributed by atoms with van der Waals surface area (Å²) in [4.78, 5) is 27.3. The topological polar surface area (TPSA) is 74.3 Å². The van der Waals surface area contributed by atoms with Crippen LogP contribution in [0.15, 0.2) is 59.5 Å². The Bertz CT molecular complexity index is 1380. The zero-order valence-electron chi connectivity index (χ0n) is 19.0. The summed E-state index contributed by atoms with van der Waals surface area (Å²) in [5.74, 6) is 1.84. The molecule has 0 atom stereocenters. The SMILES string of the molecule is COc1cc(/C=C2\SC(=O)N(Cc3cc4c(cc3Cl)OCO4)C2=O)cc(I)c1OCc1ccccc1. The molecule has 3 aromatic carbocycles. The molecule has 2 amide bonds. The molecule has 0 bridgehead atoms. The first-order valence-corrected chi connectivity index (χ1v) is 13.1. The van der Waals surface area contributed by atoms with Crippen LogP contribution in [0.3, 0.4) is 0 Å². The fourth-order valence-corrected chi connectivity index (χ4v) is 5.56. The number of halogens is 2. The van der Waals surface area contributed by atoms with E-state index in [-0.39, 0.29) is 18.6 Å². The molecule has 0 spiro atoms. The van der Waals surface area contributed by atoms with Crippen molar-refractivity contribution in [3.63, 3.8) is 0 Å². The summed E-state index contributed by atoms with van der Waals surface area (Å²) >= 11 is 9.40. The van der Waals surface area contributed by atoms with E-state index in [0.717, 1.165) is 26.5 Å². The highest BCUT2D eigenvalue weighted by molar-refractivity contribution is 14.1. The minimum atomic E-state index is -0.392. The number of nitrogens with zero attached hydrogens (tertiary/aromatic N) is 1. The number of carbonyl (C=O) groups excluding carboxylic acids is 2. The lowest BCUT2D eigenvalue weighted by molar-refractivity contribution is -0.123. The highest BCUT2D eigenvalue weighted by Crippen LogP contribution is 2.40. The van der Waals surface area contributed by atoms with E-state index in [1.807, 2.05) is 36.4 Å². The molecule has 0 unspecified atom stereocenters. The molecule has 3 aromatic rings. The van der Waals surface area contributed by atoms with Gasteiger partial charge in [-0.05, 0) is 75.3 Å². The van der Waals surface area contributed by atoms with Gasteiger partial charge in [-0.1, -0.05) is 41.9 Å². The summed E-state index contributed by atoms with van der Waals surface area (Å²) in [7, 11) is 1.56. The molecule has 1 saturated heterocycles. The average Bonchev–Trinajstić information content (AvgIpc) is 3.42. The Balaban J connectivity index is 1.35. The summed E-state index contributed by atoms with van der Waals surface area (Å²) in [5, 5.41) is 0.0251. The third-order valence-electron chi connectivity index (χ3n) is 5.52. The van der Waals surface area contributed by atoms with Crippen molar-refractivity contribution in [3.05, 3.63) is 84.8 Å². The van der Waals surface area contributed by atoms with Crippen molar-refractivity contribution < 1.29 is 28.5 Å². The molecule has 0 saturated carbocycles.